The van der Waals surface area contributed by atoms with Crippen molar-refractivity contribution in [2.45, 2.75) is 26.3 Å². The maximum Gasteiger partial charge on any atom is 0.305 e. The van der Waals surface area contributed by atoms with Gasteiger partial charge in [0.2, 0.25) is 5.91 Å². The smallest absolute Gasteiger partial charge is 0.305 e. The van der Waals surface area contributed by atoms with Crippen molar-refractivity contribution >= 4 is 11.9 Å². The van der Waals surface area contributed by atoms with Crippen LogP contribution >= 0.6 is 0 Å². The second kappa shape index (κ2) is 5.43. The fraction of sp³-hybridized carbons (Fsp3) is 0.333. The molecule has 0 saturated carbocycles. The van der Waals surface area contributed by atoms with Crippen molar-refractivity contribution in [2.24, 2.45) is 0 Å². The quantitative estimate of drug-likeness (QED) is 0.841. The number of halogens is 1. The number of hydrogen-bond donors (Lipinski definition) is 2. The Kier molecular flexibility index (Phi) is 4.20. The first-order valence-corrected chi connectivity index (χ1v) is 5.15. The van der Waals surface area contributed by atoms with E-state index in [9.17, 15) is 14.0 Å². The van der Waals surface area contributed by atoms with Gasteiger partial charge in [-0.1, -0.05) is 12.1 Å². The number of amides is 1. The van der Waals surface area contributed by atoms with Gasteiger partial charge >= 0.3 is 5.97 Å². The van der Waals surface area contributed by atoms with E-state index in [0.717, 1.165) is 0 Å². The molecular formula is C12H14FNO3. The number of carboxylic acids is 1. The lowest BCUT2D eigenvalue weighted by molar-refractivity contribution is -0.137. The Hall–Kier alpha value is -1.91. The Morgan fingerprint density at radius 2 is 2.12 bits per heavy atom. The third-order valence-electron chi connectivity index (χ3n) is 2.34. The largest absolute Gasteiger partial charge is 0.481 e. The van der Waals surface area contributed by atoms with E-state index in [4.69, 9.17) is 5.11 Å². The van der Waals surface area contributed by atoms with Gasteiger partial charge in [0.15, 0.2) is 0 Å². The molecule has 0 saturated heterocycles. The molecule has 0 aliphatic heterocycles. The molecule has 0 unspecified atom stereocenters. The van der Waals surface area contributed by atoms with Crippen LogP contribution in [0.15, 0.2) is 18.2 Å². The summed E-state index contributed by atoms with van der Waals surface area (Å²) in [5.41, 5.74) is 1.00. The van der Waals surface area contributed by atoms with Crippen LogP contribution in [0, 0.1) is 12.7 Å². The summed E-state index contributed by atoms with van der Waals surface area (Å²) in [4.78, 5) is 21.7. The van der Waals surface area contributed by atoms with E-state index in [2.05, 4.69) is 5.32 Å². The predicted molar refractivity (Wildman–Crippen MR) is 59.9 cm³/mol. The number of aryl methyl sites for hydroxylation is 1. The van der Waals surface area contributed by atoms with Gasteiger partial charge in [-0.2, -0.15) is 0 Å². The summed E-state index contributed by atoms with van der Waals surface area (Å²) in [6.07, 6.45) is -0.231. The molecule has 0 fully saturated rings. The van der Waals surface area contributed by atoms with Gasteiger partial charge in [-0.15, -0.1) is 0 Å². The van der Waals surface area contributed by atoms with Gasteiger partial charge in [0, 0.05) is 6.92 Å². The van der Waals surface area contributed by atoms with E-state index in [1.165, 1.54) is 19.1 Å². The molecule has 5 heteroatoms. The Morgan fingerprint density at radius 1 is 1.47 bits per heavy atom. The number of carboxylic acid groups (broad SMARTS) is 1. The van der Waals surface area contributed by atoms with Gasteiger partial charge in [0.1, 0.15) is 5.82 Å². The summed E-state index contributed by atoms with van der Waals surface area (Å²) >= 11 is 0. The maximum atomic E-state index is 13.1. The third kappa shape index (κ3) is 3.86. The first-order chi connectivity index (χ1) is 7.90. The van der Waals surface area contributed by atoms with Gasteiger partial charge in [0.05, 0.1) is 12.5 Å². The standard InChI is InChI=1S/C12H14FNO3/c1-7-5-9(3-4-10(7)13)11(6-12(16)17)14-8(2)15/h3-5,11H,6H2,1-2H3,(H,14,15)(H,16,17)/t11-/m1/s1. The van der Waals surface area contributed by atoms with Crippen LogP contribution in [0.3, 0.4) is 0 Å². The van der Waals surface area contributed by atoms with E-state index >= 15 is 0 Å². The SMILES string of the molecule is CC(=O)N[C@H](CC(=O)O)c1ccc(F)c(C)c1. The molecule has 0 radical (unpaired) electrons. The molecule has 1 aromatic carbocycles. The van der Waals surface area contributed by atoms with Crippen LogP contribution in [-0.2, 0) is 9.59 Å². The number of rotatable bonds is 4. The predicted octanol–water partition coefficient (Wildman–Crippen LogP) is 1.79. The lowest BCUT2D eigenvalue weighted by Crippen LogP contribution is -2.28. The van der Waals surface area contributed by atoms with Crippen LogP contribution in [0.4, 0.5) is 4.39 Å². The zero-order valence-corrected chi connectivity index (χ0v) is 9.66. The molecule has 0 heterocycles. The van der Waals surface area contributed by atoms with Crippen molar-refractivity contribution < 1.29 is 19.1 Å². The first-order valence-electron chi connectivity index (χ1n) is 5.15. The summed E-state index contributed by atoms with van der Waals surface area (Å²) in [7, 11) is 0. The van der Waals surface area contributed by atoms with Crippen molar-refractivity contribution in [3.8, 4) is 0 Å². The van der Waals surface area contributed by atoms with Crippen LogP contribution in [0.1, 0.15) is 30.5 Å². The normalized spacial score (nSPS) is 11.9. The van der Waals surface area contributed by atoms with E-state index in [1.807, 2.05) is 0 Å². The molecule has 4 nitrogen and oxygen atoms in total. The van der Waals surface area contributed by atoms with Crippen LogP contribution in [0.2, 0.25) is 0 Å². The van der Waals surface area contributed by atoms with Crippen molar-refractivity contribution in [3.05, 3.63) is 35.1 Å². The highest BCUT2D eigenvalue weighted by Crippen LogP contribution is 2.19. The van der Waals surface area contributed by atoms with Crippen molar-refractivity contribution in [2.75, 3.05) is 0 Å². The Labute approximate surface area is 98.5 Å². The average Bonchev–Trinajstić information content (AvgIpc) is 2.19. The first kappa shape index (κ1) is 13.2. The Bertz CT molecular complexity index is 429. The molecule has 1 amide bonds. The van der Waals surface area contributed by atoms with Crippen LogP contribution in [0.25, 0.3) is 0 Å². The highest BCUT2D eigenvalue weighted by Gasteiger charge is 2.17. The average molecular weight is 239 g/mol. The highest BCUT2D eigenvalue weighted by molar-refractivity contribution is 5.75. The Balaban J connectivity index is 2.98. The van der Waals surface area contributed by atoms with E-state index < -0.39 is 12.0 Å². The van der Waals surface area contributed by atoms with Crippen LogP contribution in [-0.4, -0.2) is 17.0 Å². The zero-order chi connectivity index (χ0) is 13.0. The van der Waals surface area contributed by atoms with Gasteiger partial charge < -0.3 is 10.4 Å². The number of carbonyl (C=O) groups excluding carboxylic acids is 1. The van der Waals surface area contributed by atoms with Gasteiger partial charge in [-0.05, 0) is 24.1 Å². The Morgan fingerprint density at radius 3 is 2.59 bits per heavy atom. The van der Waals surface area contributed by atoms with Crippen molar-refractivity contribution in [1.29, 1.82) is 0 Å². The van der Waals surface area contributed by atoms with Crippen LogP contribution in [0.5, 0.6) is 0 Å². The second-order valence-electron chi connectivity index (χ2n) is 3.86. The lowest BCUT2D eigenvalue weighted by Gasteiger charge is -2.16. The molecule has 1 atom stereocenters. The minimum Gasteiger partial charge on any atom is -0.481 e. The monoisotopic (exact) mass is 239 g/mol. The molecule has 0 aliphatic carbocycles. The maximum absolute atomic E-state index is 13.1. The summed E-state index contributed by atoms with van der Waals surface area (Å²) in [5.74, 6) is -1.70. The number of hydrogen-bond acceptors (Lipinski definition) is 2. The fourth-order valence-electron chi connectivity index (χ4n) is 1.56. The van der Waals surface area contributed by atoms with E-state index in [1.54, 1.807) is 13.0 Å². The molecule has 0 aliphatic rings. The summed E-state index contributed by atoms with van der Waals surface area (Å²) in [5, 5.41) is 11.3. The molecule has 1 aromatic rings. The topological polar surface area (TPSA) is 66.4 Å². The zero-order valence-electron chi connectivity index (χ0n) is 9.66. The van der Waals surface area contributed by atoms with E-state index in [0.29, 0.717) is 11.1 Å². The summed E-state index contributed by atoms with van der Waals surface area (Å²) in [6, 6.07) is 3.65. The molecule has 92 valence electrons. The summed E-state index contributed by atoms with van der Waals surface area (Å²) < 4.78 is 13.1. The molecule has 2 N–H and O–H groups in total. The molecule has 1 rings (SSSR count). The van der Waals surface area contributed by atoms with Gasteiger partial charge in [-0.25, -0.2) is 4.39 Å². The minimum atomic E-state index is -1.02. The number of aliphatic carboxylic acids is 1. The number of carbonyl (C=O) groups is 2. The number of nitrogens with one attached hydrogen (secondary N) is 1. The van der Waals surface area contributed by atoms with Crippen molar-refractivity contribution in [1.82, 2.24) is 5.32 Å². The molecular weight excluding hydrogens is 225 g/mol. The van der Waals surface area contributed by atoms with Gasteiger partial charge in [-0.3, -0.25) is 9.59 Å². The lowest BCUT2D eigenvalue weighted by atomic mass is 10.0. The minimum absolute atomic E-state index is 0.231. The van der Waals surface area contributed by atoms with E-state index in [-0.39, 0.29) is 18.1 Å². The number of benzene rings is 1. The van der Waals surface area contributed by atoms with Gasteiger partial charge in [0.25, 0.3) is 0 Å². The molecule has 17 heavy (non-hydrogen) atoms. The molecule has 0 spiro atoms. The van der Waals surface area contributed by atoms with Crippen molar-refractivity contribution in [3.63, 3.8) is 0 Å². The molecule has 0 aromatic heterocycles. The highest BCUT2D eigenvalue weighted by atomic mass is 19.1. The summed E-state index contributed by atoms with van der Waals surface area (Å²) in [6.45, 7) is 2.90. The third-order valence-corrected chi connectivity index (χ3v) is 2.34. The molecule has 0 bridgehead atoms. The fourth-order valence-corrected chi connectivity index (χ4v) is 1.56. The second-order valence-corrected chi connectivity index (χ2v) is 3.86. The van der Waals surface area contributed by atoms with Crippen LogP contribution < -0.4 is 5.32 Å².